The lowest BCUT2D eigenvalue weighted by Gasteiger charge is -2.28. The van der Waals surface area contributed by atoms with E-state index in [1.807, 2.05) is 12.1 Å². The van der Waals surface area contributed by atoms with Gasteiger partial charge in [-0.25, -0.2) is 4.79 Å². The van der Waals surface area contributed by atoms with Crippen LogP contribution in [0.15, 0.2) is 42.5 Å². The molecule has 0 atom stereocenters. The summed E-state index contributed by atoms with van der Waals surface area (Å²) in [6, 6.07) is 14.1. The van der Waals surface area contributed by atoms with E-state index in [0.717, 1.165) is 37.0 Å². The SMILES string of the molecule is Cc1ccc(CN2CCc3c(c4cc(C(=O)O)ccc4n3C)C2)cc1. The molecule has 1 aromatic heterocycles. The Hall–Kier alpha value is -2.59. The van der Waals surface area contributed by atoms with Crippen LogP contribution in [0.1, 0.15) is 32.7 Å². The molecule has 4 nitrogen and oxygen atoms in total. The molecule has 1 aliphatic rings. The summed E-state index contributed by atoms with van der Waals surface area (Å²) in [5.74, 6) is -0.869. The maximum atomic E-state index is 11.3. The molecule has 1 aliphatic heterocycles. The first-order valence-electron chi connectivity index (χ1n) is 8.64. The fraction of sp³-hybridized carbons (Fsp3) is 0.286. The van der Waals surface area contributed by atoms with Crippen LogP contribution in [0.3, 0.4) is 0 Å². The molecule has 0 saturated carbocycles. The number of aromatic carboxylic acids is 1. The summed E-state index contributed by atoms with van der Waals surface area (Å²) in [5.41, 5.74) is 6.68. The number of carbonyl (C=O) groups is 1. The lowest BCUT2D eigenvalue weighted by atomic mass is 10.0. The second kappa shape index (κ2) is 6.05. The monoisotopic (exact) mass is 334 g/mol. The van der Waals surface area contributed by atoms with E-state index >= 15 is 0 Å². The largest absolute Gasteiger partial charge is 0.478 e. The molecule has 2 aromatic carbocycles. The quantitative estimate of drug-likeness (QED) is 0.793. The first kappa shape index (κ1) is 15.9. The van der Waals surface area contributed by atoms with Gasteiger partial charge in [-0.3, -0.25) is 4.90 Å². The molecule has 1 N–H and O–H groups in total. The smallest absolute Gasteiger partial charge is 0.335 e. The molecule has 2 heterocycles. The van der Waals surface area contributed by atoms with Crippen LogP contribution in [-0.2, 0) is 26.6 Å². The van der Waals surface area contributed by atoms with E-state index in [2.05, 4.69) is 47.7 Å². The summed E-state index contributed by atoms with van der Waals surface area (Å²) in [6.07, 6.45) is 0.995. The number of carboxylic acid groups (broad SMARTS) is 1. The van der Waals surface area contributed by atoms with Crippen molar-refractivity contribution >= 4 is 16.9 Å². The van der Waals surface area contributed by atoms with Crippen molar-refractivity contribution in [2.45, 2.75) is 26.4 Å². The molecule has 0 fully saturated rings. The van der Waals surface area contributed by atoms with Gasteiger partial charge in [0.2, 0.25) is 0 Å². The van der Waals surface area contributed by atoms with E-state index < -0.39 is 5.97 Å². The summed E-state index contributed by atoms with van der Waals surface area (Å²) in [7, 11) is 2.08. The van der Waals surface area contributed by atoms with Crippen molar-refractivity contribution in [3.05, 3.63) is 70.4 Å². The Kier molecular flexibility index (Phi) is 3.85. The zero-order valence-electron chi connectivity index (χ0n) is 14.6. The number of hydrogen-bond donors (Lipinski definition) is 1. The van der Waals surface area contributed by atoms with Gasteiger partial charge in [-0.05, 0) is 36.2 Å². The van der Waals surface area contributed by atoms with Crippen LogP contribution in [0.5, 0.6) is 0 Å². The third-order valence-electron chi connectivity index (χ3n) is 5.26. The van der Waals surface area contributed by atoms with E-state index in [9.17, 15) is 9.90 Å². The molecule has 0 saturated heterocycles. The van der Waals surface area contributed by atoms with Gasteiger partial charge in [0.25, 0.3) is 0 Å². The molecule has 3 aromatic rings. The third-order valence-corrected chi connectivity index (χ3v) is 5.26. The predicted octanol–water partition coefficient (Wildman–Crippen LogP) is 3.74. The lowest BCUT2D eigenvalue weighted by molar-refractivity contribution is 0.0697. The molecular weight excluding hydrogens is 312 g/mol. The number of nitrogens with zero attached hydrogens (tertiary/aromatic N) is 2. The first-order valence-corrected chi connectivity index (χ1v) is 8.64. The Labute approximate surface area is 147 Å². The zero-order valence-corrected chi connectivity index (χ0v) is 14.6. The average molecular weight is 334 g/mol. The number of rotatable bonds is 3. The van der Waals surface area contributed by atoms with Gasteiger partial charge in [-0.15, -0.1) is 0 Å². The van der Waals surface area contributed by atoms with Crippen LogP contribution in [0, 0.1) is 6.92 Å². The minimum absolute atomic E-state index is 0.358. The number of aromatic nitrogens is 1. The average Bonchev–Trinajstić information content (AvgIpc) is 2.89. The Balaban J connectivity index is 1.68. The van der Waals surface area contributed by atoms with Crippen molar-refractivity contribution in [3.8, 4) is 0 Å². The predicted molar refractivity (Wildman–Crippen MR) is 98.9 cm³/mol. The molecule has 0 amide bonds. The van der Waals surface area contributed by atoms with E-state index in [1.165, 1.54) is 22.4 Å². The highest BCUT2D eigenvalue weighted by atomic mass is 16.4. The van der Waals surface area contributed by atoms with Crippen molar-refractivity contribution in [2.24, 2.45) is 7.05 Å². The summed E-state index contributed by atoms with van der Waals surface area (Å²) < 4.78 is 2.22. The standard InChI is InChI=1S/C21H22N2O2/c1-14-3-5-15(6-4-14)12-23-10-9-20-18(13-23)17-11-16(21(24)25)7-8-19(17)22(20)2/h3-8,11H,9-10,12-13H2,1-2H3,(H,24,25). The van der Waals surface area contributed by atoms with Crippen LogP contribution in [0.4, 0.5) is 0 Å². The summed E-state index contributed by atoms with van der Waals surface area (Å²) in [4.78, 5) is 13.8. The first-order chi connectivity index (χ1) is 12.0. The highest BCUT2D eigenvalue weighted by molar-refractivity contribution is 5.95. The van der Waals surface area contributed by atoms with Gasteiger partial charge in [-0.1, -0.05) is 29.8 Å². The Morgan fingerprint density at radius 1 is 1.16 bits per heavy atom. The summed E-state index contributed by atoms with van der Waals surface area (Å²) >= 11 is 0. The fourth-order valence-corrected chi connectivity index (χ4v) is 3.85. The number of carboxylic acids is 1. The number of hydrogen-bond acceptors (Lipinski definition) is 2. The van der Waals surface area contributed by atoms with E-state index in [1.54, 1.807) is 6.07 Å². The molecule has 0 spiro atoms. The van der Waals surface area contributed by atoms with E-state index in [-0.39, 0.29) is 0 Å². The second-order valence-electron chi connectivity index (χ2n) is 6.97. The van der Waals surface area contributed by atoms with Crippen molar-refractivity contribution in [1.29, 1.82) is 0 Å². The van der Waals surface area contributed by atoms with Gasteiger partial charge >= 0.3 is 5.97 Å². The minimum atomic E-state index is -0.869. The fourth-order valence-electron chi connectivity index (χ4n) is 3.85. The summed E-state index contributed by atoms with van der Waals surface area (Å²) in [6.45, 7) is 4.92. The number of benzene rings is 2. The van der Waals surface area contributed by atoms with Gasteiger partial charge < -0.3 is 9.67 Å². The molecule has 0 radical (unpaired) electrons. The van der Waals surface area contributed by atoms with E-state index in [4.69, 9.17) is 0 Å². The maximum absolute atomic E-state index is 11.3. The topological polar surface area (TPSA) is 45.5 Å². The molecule has 128 valence electrons. The Bertz CT molecular complexity index is 954. The van der Waals surface area contributed by atoms with Crippen LogP contribution in [0.25, 0.3) is 10.9 Å². The molecule has 0 aliphatic carbocycles. The van der Waals surface area contributed by atoms with Gasteiger partial charge in [-0.2, -0.15) is 0 Å². The summed E-state index contributed by atoms with van der Waals surface area (Å²) in [5, 5.41) is 10.4. The number of fused-ring (bicyclic) bond motifs is 3. The van der Waals surface area contributed by atoms with Gasteiger partial charge in [0.1, 0.15) is 0 Å². The van der Waals surface area contributed by atoms with Crippen molar-refractivity contribution in [2.75, 3.05) is 6.54 Å². The molecule has 25 heavy (non-hydrogen) atoms. The van der Waals surface area contributed by atoms with Crippen molar-refractivity contribution in [3.63, 3.8) is 0 Å². The third kappa shape index (κ3) is 2.83. The minimum Gasteiger partial charge on any atom is -0.478 e. The number of aryl methyl sites for hydroxylation is 2. The Morgan fingerprint density at radius 2 is 1.92 bits per heavy atom. The van der Waals surface area contributed by atoms with Gasteiger partial charge in [0.05, 0.1) is 5.56 Å². The maximum Gasteiger partial charge on any atom is 0.335 e. The zero-order chi connectivity index (χ0) is 17.6. The second-order valence-corrected chi connectivity index (χ2v) is 6.97. The molecular formula is C21H22N2O2. The normalized spacial score (nSPS) is 14.6. The molecule has 4 rings (SSSR count). The van der Waals surface area contributed by atoms with Crippen molar-refractivity contribution < 1.29 is 9.90 Å². The van der Waals surface area contributed by atoms with Crippen LogP contribution >= 0.6 is 0 Å². The molecule has 0 unspecified atom stereocenters. The van der Waals surface area contributed by atoms with Crippen LogP contribution in [0.2, 0.25) is 0 Å². The molecule has 4 heteroatoms. The van der Waals surface area contributed by atoms with Crippen molar-refractivity contribution in [1.82, 2.24) is 9.47 Å². The highest BCUT2D eigenvalue weighted by Crippen LogP contribution is 2.31. The lowest BCUT2D eigenvalue weighted by Crippen LogP contribution is -2.30. The van der Waals surface area contributed by atoms with Gasteiger partial charge in [0.15, 0.2) is 0 Å². The Morgan fingerprint density at radius 3 is 2.64 bits per heavy atom. The van der Waals surface area contributed by atoms with E-state index in [0.29, 0.717) is 5.56 Å². The van der Waals surface area contributed by atoms with Gasteiger partial charge in [0, 0.05) is 49.7 Å². The van der Waals surface area contributed by atoms with Crippen LogP contribution < -0.4 is 0 Å². The van der Waals surface area contributed by atoms with Crippen LogP contribution in [-0.4, -0.2) is 27.1 Å². The highest BCUT2D eigenvalue weighted by Gasteiger charge is 2.23. The molecule has 0 bridgehead atoms.